The summed E-state index contributed by atoms with van der Waals surface area (Å²) in [5.41, 5.74) is 5.12. The van der Waals surface area contributed by atoms with Crippen molar-refractivity contribution in [2.24, 2.45) is 5.73 Å². The number of nitrogens with two attached hydrogens (primary N) is 1. The van der Waals surface area contributed by atoms with Crippen LogP contribution in [0.15, 0.2) is 24.4 Å². The molecule has 2 heterocycles. The minimum Gasteiger partial charge on any atom is -0.445 e. The molecule has 1 unspecified atom stereocenters. The summed E-state index contributed by atoms with van der Waals surface area (Å²) in [6.07, 6.45) is -0.352. The predicted molar refractivity (Wildman–Crippen MR) is 121 cm³/mol. The first-order chi connectivity index (χ1) is 16.1. The van der Waals surface area contributed by atoms with Crippen LogP contribution in [0.3, 0.4) is 0 Å². The molecule has 3 aromatic rings. The molecule has 1 fully saturated rings. The second-order valence-corrected chi connectivity index (χ2v) is 8.61. The van der Waals surface area contributed by atoms with Crippen LogP contribution < -0.4 is 16.4 Å². The Bertz CT molecular complexity index is 1200. The molecule has 1 aromatic carbocycles. The Balaban J connectivity index is 1.71. The van der Waals surface area contributed by atoms with E-state index in [1.165, 1.54) is 12.3 Å². The van der Waals surface area contributed by atoms with Gasteiger partial charge in [-0.3, -0.25) is 4.57 Å². The number of imidazole rings is 1. The first-order valence-electron chi connectivity index (χ1n) is 10.7. The molecule has 13 heteroatoms. The number of nitrogens with zero attached hydrogens (tertiary/aromatic N) is 4. The van der Waals surface area contributed by atoms with Crippen LogP contribution in [0.2, 0.25) is 5.02 Å². The molecule has 0 bridgehead atoms. The maximum absolute atomic E-state index is 13.2. The van der Waals surface area contributed by atoms with Gasteiger partial charge in [0.05, 0.1) is 18.3 Å². The molecule has 182 valence electrons. The van der Waals surface area contributed by atoms with E-state index in [9.17, 15) is 18.0 Å². The van der Waals surface area contributed by atoms with Crippen molar-refractivity contribution in [3.63, 3.8) is 0 Å². The third-order valence-electron chi connectivity index (χ3n) is 5.41. The van der Waals surface area contributed by atoms with Gasteiger partial charge >= 0.3 is 12.3 Å². The highest BCUT2D eigenvalue weighted by Crippen LogP contribution is 2.34. The molecular weight excluding hydrogens is 475 g/mol. The number of anilines is 3. The van der Waals surface area contributed by atoms with Crippen molar-refractivity contribution in [3.05, 3.63) is 35.0 Å². The summed E-state index contributed by atoms with van der Waals surface area (Å²) in [6, 6.07) is 3.39. The summed E-state index contributed by atoms with van der Waals surface area (Å²) in [5.74, 6) is 0.593. The Kier molecular flexibility index (Phi) is 6.69. The molecule has 0 aliphatic heterocycles. The Morgan fingerprint density at radius 1 is 1.29 bits per heavy atom. The number of rotatable bonds is 7. The fourth-order valence-corrected chi connectivity index (χ4v) is 4.19. The van der Waals surface area contributed by atoms with Gasteiger partial charge in [-0.25, -0.2) is 14.8 Å². The molecule has 0 spiro atoms. The number of primary amides is 1. The smallest absolute Gasteiger partial charge is 0.416 e. The molecule has 1 aliphatic rings. The molecule has 34 heavy (non-hydrogen) atoms. The van der Waals surface area contributed by atoms with Gasteiger partial charge in [0.2, 0.25) is 11.9 Å². The summed E-state index contributed by atoms with van der Waals surface area (Å²) in [5, 5.41) is 6.09. The van der Waals surface area contributed by atoms with Crippen molar-refractivity contribution in [2.75, 3.05) is 10.6 Å². The lowest BCUT2D eigenvalue weighted by Gasteiger charge is -2.16. The predicted octanol–water partition coefficient (Wildman–Crippen LogP) is 5.08. The summed E-state index contributed by atoms with van der Waals surface area (Å²) < 4.78 is 46.4. The van der Waals surface area contributed by atoms with Crippen LogP contribution in [0.4, 0.5) is 35.5 Å². The summed E-state index contributed by atoms with van der Waals surface area (Å²) >= 11 is 5.91. The van der Waals surface area contributed by atoms with E-state index < -0.39 is 23.9 Å². The fraction of sp³-hybridized carbons (Fsp3) is 0.429. The lowest BCUT2D eigenvalue weighted by molar-refractivity contribution is -0.137. The van der Waals surface area contributed by atoms with E-state index in [2.05, 4.69) is 25.6 Å². The van der Waals surface area contributed by atoms with Gasteiger partial charge in [-0.2, -0.15) is 18.2 Å². The van der Waals surface area contributed by atoms with Gasteiger partial charge in [0.15, 0.2) is 5.65 Å². The van der Waals surface area contributed by atoms with Crippen molar-refractivity contribution < 1.29 is 22.7 Å². The molecule has 1 atom stereocenters. The minimum absolute atomic E-state index is 0.0807. The summed E-state index contributed by atoms with van der Waals surface area (Å²) in [6.45, 7) is 1.72. The van der Waals surface area contributed by atoms with Gasteiger partial charge < -0.3 is 21.1 Å². The number of amides is 1. The number of hydrogen-bond donors (Lipinski definition) is 3. The number of nitrogens with one attached hydrogen (secondary N) is 2. The summed E-state index contributed by atoms with van der Waals surface area (Å²) in [4.78, 5) is 24.5. The number of hydrogen-bond acceptors (Lipinski definition) is 7. The zero-order valence-electron chi connectivity index (χ0n) is 18.2. The third-order valence-corrected chi connectivity index (χ3v) is 5.63. The molecule has 1 saturated carbocycles. The molecule has 9 nitrogen and oxygen atoms in total. The van der Waals surface area contributed by atoms with Gasteiger partial charge in [-0.15, -0.1) is 0 Å². The Morgan fingerprint density at radius 2 is 2.03 bits per heavy atom. The molecule has 4 N–H and O–H groups in total. The van der Waals surface area contributed by atoms with Crippen molar-refractivity contribution in [1.82, 2.24) is 19.5 Å². The highest BCUT2D eigenvalue weighted by molar-refractivity contribution is 6.31. The lowest BCUT2D eigenvalue weighted by Crippen LogP contribution is -2.25. The zero-order valence-corrected chi connectivity index (χ0v) is 19.0. The molecule has 0 saturated heterocycles. The van der Waals surface area contributed by atoms with Crippen LogP contribution in [0.25, 0.3) is 11.2 Å². The van der Waals surface area contributed by atoms with E-state index in [1.807, 2.05) is 0 Å². The van der Waals surface area contributed by atoms with Crippen LogP contribution in [0.5, 0.6) is 0 Å². The van der Waals surface area contributed by atoms with Crippen LogP contribution in [0.1, 0.15) is 38.2 Å². The highest BCUT2D eigenvalue weighted by Gasteiger charge is 2.31. The summed E-state index contributed by atoms with van der Waals surface area (Å²) in [7, 11) is 0. The maximum Gasteiger partial charge on any atom is 0.416 e. The van der Waals surface area contributed by atoms with E-state index >= 15 is 0 Å². The maximum atomic E-state index is 13.2. The standard InChI is InChI=1S/C21H23ClF3N7O2/c1-11(34-18(26)33)10-32-17-16(9-27-19(31-17)28-14-4-2-3-5-14)30-20(32)29-15-7-12(21(23,24)25)6-13(22)8-15/h6-9,11,14H,2-5,10H2,1H3,(H2,26,33)(H,29,30)(H,27,28,31). The van der Waals surface area contributed by atoms with Crippen LogP contribution >= 0.6 is 11.6 Å². The normalized spacial score (nSPS) is 15.4. The fourth-order valence-electron chi connectivity index (χ4n) is 3.96. The molecule has 2 aromatic heterocycles. The average molecular weight is 498 g/mol. The van der Waals surface area contributed by atoms with Crippen molar-refractivity contribution in [3.8, 4) is 0 Å². The number of carbonyl (C=O) groups is 1. The molecule has 1 amide bonds. The highest BCUT2D eigenvalue weighted by atomic mass is 35.5. The van der Waals surface area contributed by atoms with Crippen molar-refractivity contribution in [2.45, 2.75) is 57.5 Å². The van der Waals surface area contributed by atoms with Gasteiger partial charge in [0, 0.05) is 16.8 Å². The number of benzene rings is 1. The van der Waals surface area contributed by atoms with E-state index in [0.717, 1.165) is 37.8 Å². The zero-order chi connectivity index (χ0) is 24.5. The van der Waals surface area contributed by atoms with Crippen LogP contribution in [0, 0.1) is 0 Å². The van der Waals surface area contributed by atoms with Crippen molar-refractivity contribution >= 4 is 46.4 Å². The van der Waals surface area contributed by atoms with Crippen LogP contribution in [-0.4, -0.2) is 37.8 Å². The molecule has 0 radical (unpaired) electrons. The first-order valence-corrected chi connectivity index (χ1v) is 11.1. The molecular formula is C21H23ClF3N7O2. The number of ether oxygens (including phenoxy) is 1. The van der Waals surface area contributed by atoms with E-state index in [4.69, 9.17) is 22.1 Å². The number of carbonyl (C=O) groups excluding carboxylic acids is 1. The Labute approximate surface area is 197 Å². The van der Waals surface area contributed by atoms with Gasteiger partial charge in [-0.05, 0) is 38.0 Å². The van der Waals surface area contributed by atoms with E-state index in [0.29, 0.717) is 17.1 Å². The Morgan fingerprint density at radius 3 is 2.71 bits per heavy atom. The van der Waals surface area contributed by atoms with E-state index in [1.54, 1.807) is 11.5 Å². The SMILES string of the molecule is CC(Cn1c(Nc2cc(Cl)cc(C(F)(F)F)c2)nc2cnc(NC3CCCC3)nc21)OC(N)=O. The monoisotopic (exact) mass is 497 g/mol. The largest absolute Gasteiger partial charge is 0.445 e. The molecule has 4 rings (SSSR count). The van der Waals surface area contributed by atoms with Gasteiger partial charge in [-0.1, -0.05) is 24.4 Å². The topological polar surface area (TPSA) is 120 Å². The number of halogens is 4. The number of aromatic nitrogens is 4. The number of alkyl halides is 3. The van der Waals surface area contributed by atoms with Gasteiger partial charge in [0.1, 0.15) is 11.6 Å². The quantitative estimate of drug-likeness (QED) is 0.416. The van der Waals surface area contributed by atoms with Gasteiger partial charge in [0.25, 0.3) is 0 Å². The minimum atomic E-state index is -4.57. The second kappa shape index (κ2) is 9.53. The third kappa shape index (κ3) is 5.61. The Hall–Kier alpha value is -3.28. The lowest BCUT2D eigenvalue weighted by atomic mass is 10.2. The second-order valence-electron chi connectivity index (χ2n) is 8.17. The molecule has 1 aliphatic carbocycles. The first kappa shape index (κ1) is 23.9. The van der Waals surface area contributed by atoms with Crippen LogP contribution in [-0.2, 0) is 17.5 Å². The number of fused-ring (bicyclic) bond motifs is 1. The van der Waals surface area contributed by atoms with Crippen molar-refractivity contribution in [1.29, 1.82) is 0 Å². The van der Waals surface area contributed by atoms with E-state index in [-0.39, 0.29) is 29.2 Å². The average Bonchev–Trinajstić information content (AvgIpc) is 3.35.